The number of ether oxygens (including phenoxy) is 2. The maximum Gasteiger partial charge on any atom is 0.239 e. The number of hydrogen-bond acceptors (Lipinski definition) is 10. The van der Waals surface area contributed by atoms with E-state index in [1.807, 2.05) is 0 Å². The van der Waals surface area contributed by atoms with Crippen LogP contribution in [0.2, 0.25) is 0 Å². The molecular formula is C20H18O10. The van der Waals surface area contributed by atoms with Crippen molar-refractivity contribution in [1.82, 2.24) is 0 Å². The molecule has 0 radical (unpaired) electrons. The lowest BCUT2D eigenvalue weighted by atomic mass is 10.1. The van der Waals surface area contributed by atoms with Gasteiger partial charge in [0.2, 0.25) is 17.5 Å². The van der Waals surface area contributed by atoms with Crippen LogP contribution in [0, 0.1) is 0 Å². The molecule has 1 aliphatic rings. The summed E-state index contributed by atoms with van der Waals surface area (Å²) in [6.07, 6.45) is -5.65. The number of hydrogen-bond donors (Lipinski definition) is 6. The highest BCUT2D eigenvalue weighted by atomic mass is 16.7. The second-order valence-electron chi connectivity index (χ2n) is 6.80. The molecule has 4 atom stereocenters. The Morgan fingerprint density at radius 3 is 2.30 bits per heavy atom. The van der Waals surface area contributed by atoms with E-state index in [0.29, 0.717) is 5.56 Å². The number of fused-ring (bicyclic) bond motifs is 1. The molecule has 0 aliphatic carbocycles. The lowest BCUT2D eigenvalue weighted by molar-refractivity contribution is -0.117. The second-order valence-corrected chi connectivity index (χ2v) is 6.80. The monoisotopic (exact) mass is 418 g/mol. The molecular weight excluding hydrogens is 400 g/mol. The van der Waals surface area contributed by atoms with Crippen molar-refractivity contribution in [3.63, 3.8) is 0 Å². The number of phenols is 3. The van der Waals surface area contributed by atoms with Crippen LogP contribution >= 0.6 is 0 Å². The zero-order chi connectivity index (χ0) is 21.6. The first-order valence-corrected chi connectivity index (χ1v) is 8.91. The van der Waals surface area contributed by atoms with Gasteiger partial charge in [0.05, 0.1) is 6.61 Å². The summed E-state index contributed by atoms with van der Waals surface area (Å²) in [4.78, 5) is 13.1. The maximum absolute atomic E-state index is 13.1. The maximum atomic E-state index is 13.1. The van der Waals surface area contributed by atoms with Crippen LogP contribution < -0.4 is 10.2 Å². The summed E-state index contributed by atoms with van der Waals surface area (Å²) in [7, 11) is 0. The van der Waals surface area contributed by atoms with Gasteiger partial charge in [-0.1, -0.05) is 0 Å². The van der Waals surface area contributed by atoms with Crippen molar-refractivity contribution in [1.29, 1.82) is 0 Å². The summed E-state index contributed by atoms with van der Waals surface area (Å²) < 4.78 is 16.5. The molecule has 10 heteroatoms. The van der Waals surface area contributed by atoms with Gasteiger partial charge in [-0.15, -0.1) is 0 Å². The van der Waals surface area contributed by atoms with Gasteiger partial charge >= 0.3 is 0 Å². The first-order valence-electron chi connectivity index (χ1n) is 8.91. The first-order chi connectivity index (χ1) is 14.3. The number of rotatable bonds is 4. The fourth-order valence-corrected chi connectivity index (χ4v) is 3.26. The third kappa shape index (κ3) is 3.31. The van der Waals surface area contributed by atoms with Crippen molar-refractivity contribution >= 4 is 11.0 Å². The highest BCUT2D eigenvalue weighted by Crippen LogP contribution is 2.37. The SMILES string of the molecule is O=c1c(OC2O[C@@H](CO)[C@H](O)[C@H]2O)c(-c2ccc(O)cc2)oc2cc(O)cc(O)c12. The molecule has 1 saturated heterocycles. The average molecular weight is 418 g/mol. The van der Waals surface area contributed by atoms with Crippen LogP contribution in [-0.4, -0.2) is 61.8 Å². The lowest BCUT2D eigenvalue weighted by Crippen LogP contribution is -2.36. The van der Waals surface area contributed by atoms with Gasteiger partial charge < -0.3 is 44.5 Å². The highest BCUT2D eigenvalue weighted by molar-refractivity contribution is 5.88. The minimum Gasteiger partial charge on any atom is -0.508 e. The Morgan fingerprint density at radius 1 is 0.967 bits per heavy atom. The Bertz CT molecular complexity index is 1140. The Kier molecular flexibility index (Phi) is 5.00. The van der Waals surface area contributed by atoms with Gasteiger partial charge in [-0.3, -0.25) is 4.79 Å². The summed E-state index contributed by atoms with van der Waals surface area (Å²) in [5.41, 5.74) is -0.653. The van der Waals surface area contributed by atoms with Gasteiger partial charge in [-0.05, 0) is 24.3 Å². The number of aliphatic hydroxyl groups is 3. The van der Waals surface area contributed by atoms with E-state index < -0.39 is 48.1 Å². The van der Waals surface area contributed by atoms with Crippen LogP contribution in [-0.2, 0) is 4.74 Å². The summed E-state index contributed by atoms with van der Waals surface area (Å²) in [5.74, 6) is -1.50. The molecule has 1 aromatic heterocycles. The zero-order valence-electron chi connectivity index (χ0n) is 15.3. The predicted octanol–water partition coefficient (Wildman–Crippen LogP) is 0.395. The van der Waals surface area contributed by atoms with Crippen molar-refractivity contribution in [2.75, 3.05) is 6.61 Å². The van der Waals surface area contributed by atoms with Crippen LogP contribution in [0.4, 0.5) is 0 Å². The van der Waals surface area contributed by atoms with E-state index in [4.69, 9.17) is 13.9 Å². The average Bonchev–Trinajstić information content (AvgIpc) is 2.97. The Hall–Kier alpha value is -3.31. The summed E-state index contributed by atoms with van der Waals surface area (Å²) in [6.45, 7) is -0.588. The van der Waals surface area contributed by atoms with Crippen molar-refractivity contribution in [3.05, 3.63) is 46.6 Å². The topological polar surface area (TPSA) is 170 Å². The fraction of sp³-hybridized carbons (Fsp3) is 0.250. The van der Waals surface area contributed by atoms with Crippen molar-refractivity contribution in [3.8, 4) is 34.3 Å². The Labute approximate surface area is 168 Å². The van der Waals surface area contributed by atoms with E-state index in [1.54, 1.807) is 0 Å². The summed E-state index contributed by atoms with van der Waals surface area (Å²) >= 11 is 0. The standard InChI is InChI=1S/C20H18O10/c21-7-13-15(25)17(27)20(29-13)30-19-16(26)14-11(24)5-10(23)6-12(14)28-18(19)8-1-3-9(22)4-2-8/h1-6,13,15,17,20-25,27H,7H2/t13-,15-,17+,20?/m0/s1. The molecule has 1 fully saturated rings. The molecule has 0 bridgehead atoms. The van der Waals surface area contributed by atoms with Crippen LogP contribution in [0.15, 0.2) is 45.6 Å². The number of benzene rings is 2. The van der Waals surface area contributed by atoms with Crippen LogP contribution in [0.25, 0.3) is 22.3 Å². The van der Waals surface area contributed by atoms with Gasteiger partial charge in [0.1, 0.15) is 46.5 Å². The van der Waals surface area contributed by atoms with E-state index in [2.05, 4.69) is 0 Å². The van der Waals surface area contributed by atoms with Crippen molar-refractivity contribution in [2.45, 2.75) is 24.6 Å². The largest absolute Gasteiger partial charge is 0.508 e. The van der Waals surface area contributed by atoms with Gasteiger partial charge in [0, 0.05) is 17.7 Å². The molecule has 1 unspecified atom stereocenters. The minimum atomic E-state index is -1.57. The third-order valence-corrected chi connectivity index (χ3v) is 4.78. The smallest absolute Gasteiger partial charge is 0.239 e. The molecule has 10 nitrogen and oxygen atoms in total. The second kappa shape index (κ2) is 7.50. The number of aliphatic hydroxyl groups excluding tert-OH is 3. The van der Waals surface area contributed by atoms with Gasteiger partial charge in [0.25, 0.3) is 0 Å². The quantitative estimate of drug-likeness (QED) is 0.348. The fourth-order valence-electron chi connectivity index (χ4n) is 3.26. The first kappa shape index (κ1) is 20.0. The molecule has 158 valence electrons. The minimum absolute atomic E-state index is 0.0388. The molecule has 0 saturated carbocycles. The summed E-state index contributed by atoms with van der Waals surface area (Å²) in [5, 5.41) is 58.4. The number of aromatic hydroxyl groups is 3. The molecule has 3 aromatic rings. The van der Waals surface area contributed by atoms with Crippen LogP contribution in [0.5, 0.6) is 23.0 Å². The summed E-state index contributed by atoms with van der Waals surface area (Å²) in [6, 6.07) is 7.65. The molecule has 1 aliphatic heterocycles. The van der Waals surface area contributed by atoms with E-state index >= 15 is 0 Å². The lowest BCUT2D eigenvalue weighted by Gasteiger charge is -2.18. The molecule has 30 heavy (non-hydrogen) atoms. The van der Waals surface area contributed by atoms with E-state index in [1.165, 1.54) is 24.3 Å². The van der Waals surface area contributed by atoms with E-state index in [9.17, 15) is 35.4 Å². The third-order valence-electron chi connectivity index (χ3n) is 4.78. The van der Waals surface area contributed by atoms with Crippen LogP contribution in [0.3, 0.4) is 0 Å². The van der Waals surface area contributed by atoms with Crippen molar-refractivity contribution < 1.29 is 44.5 Å². The molecule has 6 N–H and O–H groups in total. The van der Waals surface area contributed by atoms with Crippen molar-refractivity contribution in [2.24, 2.45) is 0 Å². The van der Waals surface area contributed by atoms with E-state index in [-0.39, 0.29) is 28.2 Å². The van der Waals surface area contributed by atoms with Crippen LogP contribution in [0.1, 0.15) is 0 Å². The molecule has 2 heterocycles. The predicted molar refractivity (Wildman–Crippen MR) is 101 cm³/mol. The van der Waals surface area contributed by atoms with E-state index in [0.717, 1.165) is 12.1 Å². The number of phenolic OH excluding ortho intramolecular Hbond substituents is 3. The van der Waals surface area contributed by atoms with Gasteiger partial charge in [0.15, 0.2) is 5.76 Å². The molecule has 0 spiro atoms. The molecule has 4 rings (SSSR count). The normalized spacial score (nSPS) is 23.7. The Balaban J connectivity index is 1.90. The molecule has 0 amide bonds. The van der Waals surface area contributed by atoms with Gasteiger partial charge in [-0.2, -0.15) is 0 Å². The molecule has 2 aromatic carbocycles. The zero-order valence-corrected chi connectivity index (χ0v) is 15.3. The van der Waals surface area contributed by atoms with Gasteiger partial charge in [-0.25, -0.2) is 0 Å². The highest BCUT2D eigenvalue weighted by Gasteiger charge is 2.44. The Morgan fingerprint density at radius 2 is 1.67 bits per heavy atom.